The van der Waals surface area contributed by atoms with Crippen molar-refractivity contribution in [3.8, 4) is 0 Å². The van der Waals surface area contributed by atoms with Gasteiger partial charge in [0.1, 0.15) is 0 Å². The summed E-state index contributed by atoms with van der Waals surface area (Å²) < 4.78 is 0. The van der Waals surface area contributed by atoms with Gasteiger partial charge in [-0.2, -0.15) is 0 Å². The molecule has 0 radical (unpaired) electrons. The van der Waals surface area contributed by atoms with Crippen molar-refractivity contribution in [2.24, 2.45) is 5.92 Å². The fourth-order valence-electron chi connectivity index (χ4n) is 3.80. The predicted octanol–water partition coefficient (Wildman–Crippen LogP) is 3.88. The molecule has 1 aliphatic heterocycles. The second-order valence-corrected chi connectivity index (χ2v) is 6.47. The zero-order chi connectivity index (χ0) is 15.6. The normalized spacial score (nSPS) is 22.9. The Morgan fingerprint density at radius 1 is 1.09 bits per heavy atom. The second kappa shape index (κ2) is 5.99. The fourth-order valence-corrected chi connectivity index (χ4v) is 3.80. The van der Waals surface area contributed by atoms with E-state index in [0.29, 0.717) is 17.5 Å². The molecule has 0 spiro atoms. The first-order valence-corrected chi connectivity index (χ1v) is 8.30. The molecular formula is C20H20N2O. The van der Waals surface area contributed by atoms with E-state index in [1.54, 1.807) is 6.20 Å². The van der Waals surface area contributed by atoms with Crippen molar-refractivity contribution in [3.05, 3.63) is 65.5 Å². The maximum absolute atomic E-state index is 12.9. The number of rotatable bonds is 3. The minimum absolute atomic E-state index is 0.137. The monoisotopic (exact) mass is 304 g/mol. The average Bonchev–Trinajstić information content (AvgIpc) is 3.24. The van der Waals surface area contributed by atoms with Gasteiger partial charge in [0, 0.05) is 18.8 Å². The molecule has 1 aromatic carbocycles. The van der Waals surface area contributed by atoms with Crippen LogP contribution in [0.4, 0.5) is 0 Å². The van der Waals surface area contributed by atoms with Crippen LogP contribution < -0.4 is 0 Å². The van der Waals surface area contributed by atoms with Crippen LogP contribution in [0.5, 0.6) is 0 Å². The van der Waals surface area contributed by atoms with Crippen molar-refractivity contribution in [2.45, 2.75) is 25.3 Å². The van der Waals surface area contributed by atoms with E-state index in [4.69, 9.17) is 0 Å². The Morgan fingerprint density at radius 3 is 2.70 bits per heavy atom. The maximum Gasteiger partial charge on any atom is 0.256 e. The number of pyridine rings is 1. The molecular weight excluding hydrogens is 284 g/mol. The van der Waals surface area contributed by atoms with E-state index in [2.05, 4.69) is 9.88 Å². The van der Waals surface area contributed by atoms with Gasteiger partial charge < -0.3 is 4.90 Å². The smallest absolute Gasteiger partial charge is 0.256 e. The van der Waals surface area contributed by atoms with E-state index in [0.717, 1.165) is 24.2 Å². The number of hydrogen-bond acceptors (Lipinski definition) is 2. The largest absolute Gasteiger partial charge is 0.335 e. The minimum Gasteiger partial charge on any atom is -0.335 e. The lowest BCUT2D eigenvalue weighted by Crippen LogP contribution is -2.38. The van der Waals surface area contributed by atoms with Gasteiger partial charge in [-0.15, -0.1) is 0 Å². The van der Waals surface area contributed by atoms with Gasteiger partial charge >= 0.3 is 0 Å². The molecule has 0 N–H and O–H groups in total. The third kappa shape index (κ3) is 2.79. The highest BCUT2D eigenvalue weighted by Crippen LogP contribution is 2.38. The first-order chi connectivity index (χ1) is 11.3. The van der Waals surface area contributed by atoms with Gasteiger partial charge in [0.25, 0.3) is 5.91 Å². The van der Waals surface area contributed by atoms with Gasteiger partial charge in [-0.3, -0.25) is 9.78 Å². The van der Waals surface area contributed by atoms with E-state index < -0.39 is 0 Å². The summed E-state index contributed by atoms with van der Waals surface area (Å²) in [6, 6.07) is 14.3. The summed E-state index contributed by atoms with van der Waals surface area (Å²) in [6.07, 6.45) is 9.32. The number of fused-ring (bicyclic) bond motifs is 2. The fraction of sp³-hybridized carbons (Fsp3) is 0.300. The summed E-state index contributed by atoms with van der Waals surface area (Å²) in [4.78, 5) is 19.4. The van der Waals surface area contributed by atoms with Crippen LogP contribution in [0.15, 0.2) is 48.7 Å². The number of aromatic nitrogens is 1. The lowest BCUT2D eigenvalue weighted by atomic mass is 10.1. The van der Waals surface area contributed by atoms with Gasteiger partial charge in [0.2, 0.25) is 0 Å². The summed E-state index contributed by atoms with van der Waals surface area (Å²) in [6.45, 7) is 0.917. The standard InChI is InChI=1S/C20H20N2O/c23-20(22-14-16-8-10-17(22)13-16)18-7-4-12-21-19(18)11-9-15-5-2-1-3-6-15/h1-7,9,11-12,16-17H,8,10,13-14H2/b11-9+/t16-,17+/m0/s1. The lowest BCUT2D eigenvalue weighted by molar-refractivity contribution is 0.0703. The van der Waals surface area contributed by atoms with Crippen LogP contribution in [0, 0.1) is 5.92 Å². The highest BCUT2D eigenvalue weighted by molar-refractivity contribution is 5.98. The second-order valence-electron chi connectivity index (χ2n) is 6.47. The number of nitrogens with zero attached hydrogens (tertiary/aromatic N) is 2. The SMILES string of the molecule is O=C(c1cccnc1/C=C/c1ccccc1)N1C[C@H]2CC[C@@H]1C2. The number of likely N-dealkylation sites (tertiary alicyclic amines) is 1. The summed E-state index contributed by atoms with van der Waals surface area (Å²) in [5, 5.41) is 0. The van der Waals surface area contributed by atoms with Crippen LogP contribution in [0.1, 0.15) is 40.9 Å². The van der Waals surface area contributed by atoms with Gasteiger partial charge in [0.05, 0.1) is 11.3 Å². The zero-order valence-electron chi connectivity index (χ0n) is 13.1. The molecule has 2 fully saturated rings. The topological polar surface area (TPSA) is 33.2 Å². The molecule has 1 saturated carbocycles. The third-order valence-electron chi connectivity index (χ3n) is 4.97. The number of piperidine rings is 1. The highest BCUT2D eigenvalue weighted by Gasteiger charge is 2.40. The van der Waals surface area contributed by atoms with Gasteiger partial charge in [-0.1, -0.05) is 36.4 Å². The summed E-state index contributed by atoms with van der Waals surface area (Å²) in [7, 11) is 0. The molecule has 2 bridgehead atoms. The van der Waals surface area contributed by atoms with E-state index >= 15 is 0 Å². The molecule has 3 nitrogen and oxygen atoms in total. The Labute approximate surface area is 136 Å². The van der Waals surface area contributed by atoms with Crippen molar-refractivity contribution in [2.75, 3.05) is 6.54 Å². The molecule has 1 amide bonds. The Bertz CT molecular complexity index is 738. The van der Waals surface area contributed by atoms with Crippen LogP contribution in [-0.2, 0) is 0 Å². The van der Waals surface area contributed by atoms with Gasteiger partial charge in [0.15, 0.2) is 0 Å². The Hall–Kier alpha value is -2.42. The molecule has 1 aliphatic carbocycles. The molecule has 23 heavy (non-hydrogen) atoms. The quantitative estimate of drug-likeness (QED) is 0.862. The molecule has 4 rings (SSSR count). The number of benzene rings is 1. The van der Waals surface area contributed by atoms with Crippen LogP contribution >= 0.6 is 0 Å². The molecule has 1 saturated heterocycles. The molecule has 0 unspecified atom stereocenters. The number of amides is 1. The number of carbonyl (C=O) groups excluding carboxylic acids is 1. The van der Waals surface area contributed by atoms with Gasteiger partial charge in [-0.05, 0) is 49.0 Å². The Kier molecular flexibility index (Phi) is 3.70. The summed E-state index contributed by atoms with van der Waals surface area (Å²) in [5.41, 5.74) is 2.58. The van der Waals surface area contributed by atoms with Crippen molar-refractivity contribution < 1.29 is 4.79 Å². The molecule has 3 heteroatoms. The molecule has 2 aromatic rings. The molecule has 2 heterocycles. The van der Waals surface area contributed by atoms with E-state index in [1.807, 2.05) is 54.6 Å². The maximum atomic E-state index is 12.9. The van der Waals surface area contributed by atoms with E-state index in [-0.39, 0.29) is 5.91 Å². The molecule has 2 atom stereocenters. The summed E-state index contributed by atoms with van der Waals surface area (Å²) in [5.74, 6) is 0.849. The lowest BCUT2D eigenvalue weighted by Gasteiger charge is -2.27. The van der Waals surface area contributed by atoms with E-state index in [9.17, 15) is 4.79 Å². The van der Waals surface area contributed by atoms with Crippen LogP contribution in [0.25, 0.3) is 12.2 Å². The average molecular weight is 304 g/mol. The first-order valence-electron chi connectivity index (χ1n) is 8.30. The van der Waals surface area contributed by atoms with Crippen molar-refractivity contribution >= 4 is 18.1 Å². The number of hydrogen-bond donors (Lipinski definition) is 0. The Morgan fingerprint density at radius 2 is 1.96 bits per heavy atom. The minimum atomic E-state index is 0.137. The summed E-state index contributed by atoms with van der Waals surface area (Å²) >= 11 is 0. The number of carbonyl (C=O) groups is 1. The molecule has 2 aliphatic rings. The van der Waals surface area contributed by atoms with Crippen molar-refractivity contribution in [1.29, 1.82) is 0 Å². The molecule has 116 valence electrons. The van der Waals surface area contributed by atoms with Crippen LogP contribution in [0.3, 0.4) is 0 Å². The van der Waals surface area contributed by atoms with Crippen molar-refractivity contribution in [3.63, 3.8) is 0 Å². The van der Waals surface area contributed by atoms with Crippen molar-refractivity contribution in [1.82, 2.24) is 9.88 Å². The zero-order valence-corrected chi connectivity index (χ0v) is 13.1. The third-order valence-corrected chi connectivity index (χ3v) is 4.97. The predicted molar refractivity (Wildman–Crippen MR) is 91.8 cm³/mol. The van der Waals surface area contributed by atoms with Gasteiger partial charge in [-0.25, -0.2) is 0 Å². The highest BCUT2D eigenvalue weighted by atomic mass is 16.2. The Balaban J connectivity index is 1.60. The van der Waals surface area contributed by atoms with E-state index in [1.165, 1.54) is 12.8 Å². The molecule has 1 aromatic heterocycles. The van der Waals surface area contributed by atoms with Crippen LogP contribution in [-0.4, -0.2) is 28.4 Å². The van der Waals surface area contributed by atoms with Crippen LogP contribution in [0.2, 0.25) is 0 Å². The first kappa shape index (κ1) is 14.2.